The number of benzene rings is 3. The molecule has 1 aliphatic heterocycles. The van der Waals surface area contributed by atoms with Crippen molar-refractivity contribution in [1.29, 1.82) is 0 Å². The van der Waals surface area contributed by atoms with E-state index >= 15 is 0 Å². The van der Waals surface area contributed by atoms with Crippen molar-refractivity contribution < 1.29 is 45.4 Å². The minimum absolute atomic E-state index is 0.0610. The topological polar surface area (TPSA) is 67.9 Å². The first-order valence-electron chi connectivity index (χ1n) is 14.7. The Balaban J connectivity index is 1.49. The van der Waals surface area contributed by atoms with Crippen LogP contribution in [0.4, 0.5) is 31.1 Å². The normalized spacial score (nSPS) is 19.3. The fraction of sp³-hybridized carbons (Fsp3) is 0.353. The van der Waals surface area contributed by atoms with Crippen LogP contribution in [0.1, 0.15) is 60.1 Å². The number of nitrogens with zero attached hydrogens (tertiary/aromatic N) is 1. The molecule has 1 aliphatic carbocycles. The van der Waals surface area contributed by atoms with Gasteiger partial charge in [0.2, 0.25) is 5.91 Å². The van der Waals surface area contributed by atoms with Crippen molar-refractivity contribution >= 4 is 12.0 Å². The van der Waals surface area contributed by atoms with Crippen LogP contribution in [0.3, 0.4) is 0 Å². The van der Waals surface area contributed by atoms with Gasteiger partial charge < -0.3 is 14.8 Å². The molecule has 3 aromatic carbocycles. The number of ether oxygens (including phenoxy) is 2. The highest BCUT2D eigenvalue weighted by molar-refractivity contribution is 5.95. The van der Waals surface area contributed by atoms with Crippen LogP contribution in [-0.4, -0.2) is 36.1 Å². The number of amides is 2. The first-order chi connectivity index (χ1) is 21.8. The third-order valence-corrected chi connectivity index (χ3v) is 8.12. The van der Waals surface area contributed by atoms with Crippen molar-refractivity contribution in [1.82, 2.24) is 10.2 Å². The molecule has 46 heavy (non-hydrogen) atoms. The number of alkyl halides is 6. The standard InChI is InChI=1S/C34H32F6N2O4/c1-22(25-16-27(33(35,36)37)18-28(17-25)34(38,39)40)46-21-32(26-10-6-3-7-11-26)15-14-24(30(43)41-29-12-13-29)19-42(32)31(44)45-20-23-8-4-2-5-9-23/h2-11,14,16-18,22,29H,12-13,15,19-21H2,1H3,(H,41,43)/t22-,32?/m1/s1. The van der Waals surface area contributed by atoms with E-state index < -0.39 is 41.2 Å². The molecule has 2 amide bonds. The molecule has 6 nitrogen and oxygen atoms in total. The largest absolute Gasteiger partial charge is 0.445 e. The summed E-state index contributed by atoms with van der Waals surface area (Å²) in [5, 5.41) is 2.91. The number of nitrogens with one attached hydrogen (secondary N) is 1. The van der Waals surface area contributed by atoms with Gasteiger partial charge in [-0.15, -0.1) is 0 Å². The van der Waals surface area contributed by atoms with Gasteiger partial charge in [-0.05, 0) is 61.1 Å². The van der Waals surface area contributed by atoms with Crippen LogP contribution >= 0.6 is 0 Å². The van der Waals surface area contributed by atoms with Gasteiger partial charge in [-0.3, -0.25) is 9.69 Å². The predicted molar refractivity (Wildman–Crippen MR) is 156 cm³/mol. The summed E-state index contributed by atoms with van der Waals surface area (Å²) in [6.45, 7) is 0.778. The van der Waals surface area contributed by atoms with Gasteiger partial charge in [0.1, 0.15) is 6.61 Å². The average molecular weight is 647 g/mol. The van der Waals surface area contributed by atoms with Crippen LogP contribution < -0.4 is 5.32 Å². The Labute approximate surface area is 262 Å². The zero-order chi connectivity index (χ0) is 33.1. The molecule has 3 aromatic rings. The Morgan fingerprint density at radius 2 is 1.50 bits per heavy atom. The first-order valence-corrected chi connectivity index (χ1v) is 14.7. The van der Waals surface area contributed by atoms with E-state index in [0.29, 0.717) is 23.3 Å². The lowest BCUT2D eigenvalue weighted by Crippen LogP contribution is -2.56. The number of halogens is 6. The van der Waals surface area contributed by atoms with Crippen molar-refractivity contribution in [3.8, 4) is 0 Å². The molecule has 1 fully saturated rings. The van der Waals surface area contributed by atoms with Crippen molar-refractivity contribution in [2.45, 2.75) is 62.8 Å². The van der Waals surface area contributed by atoms with Crippen LogP contribution in [-0.2, 0) is 38.8 Å². The van der Waals surface area contributed by atoms with Crippen LogP contribution in [0.25, 0.3) is 0 Å². The van der Waals surface area contributed by atoms with E-state index in [1.807, 2.05) is 6.07 Å². The van der Waals surface area contributed by atoms with Crippen LogP contribution in [0.15, 0.2) is 90.5 Å². The minimum atomic E-state index is -5.02. The molecule has 5 rings (SSSR count). The maximum atomic E-state index is 13.8. The second-order valence-corrected chi connectivity index (χ2v) is 11.5. The maximum Gasteiger partial charge on any atom is 0.416 e. The highest BCUT2D eigenvalue weighted by Gasteiger charge is 2.46. The highest BCUT2D eigenvalue weighted by atomic mass is 19.4. The molecule has 2 aliphatic rings. The number of hydrogen-bond acceptors (Lipinski definition) is 4. The lowest BCUT2D eigenvalue weighted by atomic mass is 9.81. The van der Waals surface area contributed by atoms with E-state index in [0.717, 1.165) is 18.4 Å². The van der Waals surface area contributed by atoms with Crippen LogP contribution in [0.2, 0.25) is 0 Å². The molecule has 1 unspecified atom stereocenters. The molecule has 2 atom stereocenters. The molecule has 0 aromatic heterocycles. The fourth-order valence-corrected chi connectivity index (χ4v) is 5.31. The Kier molecular flexibility index (Phi) is 9.48. The van der Waals surface area contributed by atoms with Gasteiger partial charge in [-0.1, -0.05) is 66.7 Å². The lowest BCUT2D eigenvalue weighted by Gasteiger charge is -2.46. The second kappa shape index (κ2) is 13.2. The molecule has 0 radical (unpaired) electrons. The molecule has 1 saturated carbocycles. The summed E-state index contributed by atoms with van der Waals surface area (Å²) in [6.07, 6.45) is -8.60. The number of rotatable bonds is 9. The SMILES string of the molecule is C[C@@H](OCC1(c2ccccc2)CC=C(C(=O)NC2CC2)CN1C(=O)OCc1ccccc1)c1cc(C(F)(F)F)cc(C(F)(F)F)c1. The molecule has 244 valence electrons. The zero-order valence-electron chi connectivity index (χ0n) is 24.8. The average Bonchev–Trinajstić information content (AvgIpc) is 3.86. The van der Waals surface area contributed by atoms with Crippen LogP contribution in [0.5, 0.6) is 0 Å². The summed E-state index contributed by atoms with van der Waals surface area (Å²) in [5.41, 5.74) is -2.93. The van der Waals surface area contributed by atoms with Crippen molar-refractivity contribution in [2.75, 3.05) is 13.2 Å². The minimum Gasteiger partial charge on any atom is -0.445 e. The summed E-state index contributed by atoms with van der Waals surface area (Å²) in [6, 6.07) is 19.0. The Hall–Kier alpha value is -4.32. The molecule has 0 saturated heterocycles. The molecular weight excluding hydrogens is 614 g/mol. The molecule has 0 spiro atoms. The Morgan fingerprint density at radius 1 is 0.913 bits per heavy atom. The summed E-state index contributed by atoms with van der Waals surface area (Å²) >= 11 is 0. The third-order valence-electron chi connectivity index (χ3n) is 8.12. The van der Waals surface area contributed by atoms with E-state index in [4.69, 9.17) is 9.47 Å². The predicted octanol–water partition coefficient (Wildman–Crippen LogP) is 7.94. The van der Waals surface area contributed by atoms with Gasteiger partial charge in [0.15, 0.2) is 0 Å². The summed E-state index contributed by atoms with van der Waals surface area (Å²) in [7, 11) is 0. The van der Waals surface area contributed by atoms with Gasteiger partial charge in [0.05, 0.1) is 35.9 Å². The lowest BCUT2D eigenvalue weighted by molar-refractivity contribution is -0.143. The van der Waals surface area contributed by atoms with Gasteiger partial charge in [0.25, 0.3) is 0 Å². The van der Waals surface area contributed by atoms with Gasteiger partial charge >= 0.3 is 18.4 Å². The number of hydrogen-bond donors (Lipinski definition) is 1. The van der Waals surface area contributed by atoms with Gasteiger partial charge in [-0.25, -0.2) is 4.79 Å². The van der Waals surface area contributed by atoms with Gasteiger partial charge in [-0.2, -0.15) is 26.3 Å². The molecule has 1 heterocycles. The number of carbonyl (C=O) groups is 2. The number of carbonyl (C=O) groups excluding carboxylic acids is 2. The Morgan fingerprint density at radius 3 is 2.07 bits per heavy atom. The first kappa shape index (κ1) is 33.1. The highest BCUT2D eigenvalue weighted by Crippen LogP contribution is 2.41. The van der Waals surface area contributed by atoms with E-state index in [2.05, 4.69) is 5.32 Å². The summed E-state index contributed by atoms with van der Waals surface area (Å²) in [4.78, 5) is 28.2. The second-order valence-electron chi connectivity index (χ2n) is 11.5. The fourth-order valence-electron chi connectivity index (χ4n) is 5.31. The molecular formula is C34H32F6N2O4. The van der Waals surface area contributed by atoms with Gasteiger partial charge in [0, 0.05) is 11.6 Å². The molecule has 0 bridgehead atoms. The summed E-state index contributed by atoms with van der Waals surface area (Å²) in [5.74, 6) is -0.331. The quantitative estimate of drug-likeness (QED) is 0.240. The van der Waals surface area contributed by atoms with E-state index in [-0.39, 0.29) is 49.8 Å². The zero-order valence-corrected chi connectivity index (χ0v) is 24.8. The summed E-state index contributed by atoms with van der Waals surface area (Å²) < 4.78 is 93.2. The van der Waals surface area contributed by atoms with E-state index in [1.165, 1.54) is 11.8 Å². The van der Waals surface area contributed by atoms with E-state index in [1.54, 1.807) is 60.7 Å². The monoisotopic (exact) mass is 646 g/mol. The third kappa shape index (κ3) is 7.72. The van der Waals surface area contributed by atoms with Crippen molar-refractivity contribution in [3.05, 3.63) is 118 Å². The smallest absolute Gasteiger partial charge is 0.416 e. The van der Waals surface area contributed by atoms with E-state index in [9.17, 15) is 35.9 Å². The van der Waals surface area contributed by atoms with Crippen LogP contribution in [0, 0.1) is 0 Å². The van der Waals surface area contributed by atoms with Crippen molar-refractivity contribution in [2.24, 2.45) is 0 Å². The van der Waals surface area contributed by atoms with Crippen molar-refractivity contribution in [3.63, 3.8) is 0 Å². The molecule has 12 heteroatoms. The maximum absolute atomic E-state index is 13.8. The molecule has 1 N–H and O–H groups in total. The Bertz CT molecular complexity index is 1540.